The molecule has 110 valence electrons. The first-order chi connectivity index (χ1) is 9.47. The molecule has 4 heteroatoms. The monoisotopic (exact) mass is 277 g/mol. The van der Waals surface area contributed by atoms with Crippen molar-refractivity contribution in [1.82, 2.24) is 4.90 Å². The van der Waals surface area contributed by atoms with Crippen LogP contribution in [0.4, 0.5) is 0 Å². The molecule has 1 saturated heterocycles. The Morgan fingerprint density at radius 2 is 1.75 bits per heavy atom. The molecule has 2 atom stereocenters. The quantitative estimate of drug-likeness (QED) is 0.882. The molecule has 2 unspecified atom stereocenters. The van der Waals surface area contributed by atoms with Crippen LogP contribution in [0, 0.1) is 0 Å². The Kier molecular flexibility index (Phi) is 4.45. The van der Waals surface area contributed by atoms with Crippen LogP contribution >= 0.6 is 0 Å². The first-order valence-corrected chi connectivity index (χ1v) is 7.18. The van der Waals surface area contributed by atoms with Crippen LogP contribution in [0.15, 0.2) is 30.3 Å². The van der Waals surface area contributed by atoms with Crippen LogP contribution < -0.4 is 0 Å². The van der Waals surface area contributed by atoms with E-state index in [1.54, 1.807) is 6.92 Å². The third kappa shape index (κ3) is 2.72. The number of hydrogen-bond donors (Lipinski definition) is 2. The fourth-order valence-corrected chi connectivity index (χ4v) is 3.00. The molecule has 2 rings (SSSR count). The van der Waals surface area contributed by atoms with E-state index >= 15 is 0 Å². The van der Waals surface area contributed by atoms with E-state index in [0.717, 1.165) is 5.56 Å². The van der Waals surface area contributed by atoms with Gasteiger partial charge in [-0.05, 0) is 45.3 Å². The molecular formula is C16H23NO3. The third-order valence-electron chi connectivity index (χ3n) is 4.66. The summed E-state index contributed by atoms with van der Waals surface area (Å²) in [4.78, 5) is 14.0. The SMILES string of the molecule is CC(O)C(C)N1CCC(C(=O)O)(c2ccccc2)CC1. The van der Waals surface area contributed by atoms with Crippen LogP contribution in [0.1, 0.15) is 32.3 Å². The summed E-state index contributed by atoms with van der Waals surface area (Å²) in [6.45, 7) is 5.17. The number of rotatable bonds is 4. The van der Waals surface area contributed by atoms with Crippen molar-refractivity contribution in [1.29, 1.82) is 0 Å². The Morgan fingerprint density at radius 3 is 2.20 bits per heavy atom. The zero-order valence-electron chi connectivity index (χ0n) is 12.1. The van der Waals surface area contributed by atoms with Crippen molar-refractivity contribution in [2.75, 3.05) is 13.1 Å². The molecule has 1 heterocycles. The molecule has 0 aliphatic carbocycles. The Balaban J connectivity index is 2.17. The lowest BCUT2D eigenvalue weighted by atomic mass is 9.72. The number of carboxylic acids is 1. The number of carbonyl (C=O) groups is 1. The number of carboxylic acid groups (broad SMARTS) is 1. The van der Waals surface area contributed by atoms with Crippen molar-refractivity contribution in [2.24, 2.45) is 0 Å². The number of aliphatic hydroxyl groups is 1. The average molecular weight is 277 g/mol. The molecule has 4 nitrogen and oxygen atoms in total. The molecule has 0 amide bonds. The first-order valence-electron chi connectivity index (χ1n) is 7.18. The Hall–Kier alpha value is -1.39. The predicted molar refractivity (Wildman–Crippen MR) is 77.7 cm³/mol. The van der Waals surface area contributed by atoms with Gasteiger partial charge in [-0.25, -0.2) is 0 Å². The van der Waals surface area contributed by atoms with Crippen molar-refractivity contribution in [3.05, 3.63) is 35.9 Å². The maximum absolute atomic E-state index is 11.8. The van der Waals surface area contributed by atoms with Gasteiger partial charge in [-0.15, -0.1) is 0 Å². The smallest absolute Gasteiger partial charge is 0.314 e. The third-order valence-corrected chi connectivity index (χ3v) is 4.66. The molecule has 1 aliphatic rings. The summed E-state index contributed by atoms with van der Waals surface area (Å²) in [7, 11) is 0. The molecule has 0 saturated carbocycles. The Bertz CT molecular complexity index is 450. The van der Waals surface area contributed by atoms with Gasteiger partial charge in [0.2, 0.25) is 0 Å². The summed E-state index contributed by atoms with van der Waals surface area (Å²) in [5.74, 6) is -0.743. The topological polar surface area (TPSA) is 60.8 Å². The minimum Gasteiger partial charge on any atom is -0.481 e. The highest BCUT2D eigenvalue weighted by atomic mass is 16.4. The summed E-state index contributed by atoms with van der Waals surface area (Å²) >= 11 is 0. The van der Waals surface area contributed by atoms with Crippen molar-refractivity contribution >= 4 is 5.97 Å². The predicted octanol–water partition coefficient (Wildman–Crippen LogP) is 1.87. The molecule has 1 aromatic rings. The van der Waals surface area contributed by atoms with E-state index < -0.39 is 17.5 Å². The molecule has 1 aromatic carbocycles. The molecule has 0 radical (unpaired) electrons. The van der Waals surface area contributed by atoms with Crippen LogP contribution in [0.5, 0.6) is 0 Å². The largest absolute Gasteiger partial charge is 0.481 e. The Morgan fingerprint density at radius 1 is 1.20 bits per heavy atom. The first kappa shape index (κ1) is 15.0. The summed E-state index contributed by atoms with van der Waals surface area (Å²) in [5.41, 5.74) is 0.104. The van der Waals surface area contributed by atoms with E-state index in [4.69, 9.17) is 0 Å². The highest BCUT2D eigenvalue weighted by molar-refractivity contribution is 5.81. The van der Waals surface area contributed by atoms with Gasteiger partial charge in [-0.3, -0.25) is 9.69 Å². The van der Waals surface area contributed by atoms with E-state index in [9.17, 15) is 15.0 Å². The lowest BCUT2D eigenvalue weighted by Crippen LogP contribution is -2.51. The number of piperidine rings is 1. The minimum atomic E-state index is -0.782. The van der Waals surface area contributed by atoms with Crippen LogP contribution in [-0.4, -0.2) is 46.3 Å². The number of hydrogen-bond acceptors (Lipinski definition) is 3. The normalized spacial score (nSPS) is 22.1. The lowest BCUT2D eigenvalue weighted by Gasteiger charge is -2.42. The average Bonchev–Trinajstić information content (AvgIpc) is 2.47. The summed E-state index contributed by atoms with van der Waals surface area (Å²) in [6, 6.07) is 9.57. The number of benzene rings is 1. The summed E-state index contributed by atoms with van der Waals surface area (Å²) in [6.07, 6.45) is 0.774. The van der Waals surface area contributed by atoms with Crippen LogP contribution in [0.25, 0.3) is 0 Å². The van der Waals surface area contributed by atoms with Crippen molar-refractivity contribution in [3.63, 3.8) is 0 Å². The van der Waals surface area contributed by atoms with E-state index in [2.05, 4.69) is 4.90 Å². The van der Waals surface area contributed by atoms with Crippen LogP contribution in [0.2, 0.25) is 0 Å². The molecule has 0 bridgehead atoms. The molecule has 1 fully saturated rings. The van der Waals surface area contributed by atoms with Gasteiger partial charge in [0.25, 0.3) is 0 Å². The number of aliphatic carboxylic acids is 1. The van der Waals surface area contributed by atoms with Crippen molar-refractivity contribution < 1.29 is 15.0 Å². The second kappa shape index (κ2) is 5.94. The summed E-state index contributed by atoms with van der Waals surface area (Å²) < 4.78 is 0. The van der Waals surface area contributed by atoms with E-state index in [1.165, 1.54) is 0 Å². The van der Waals surface area contributed by atoms with Gasteiger partial charge in [-0.1, -0.05) is 30.3 Å². The zero-order chi connectivity index (χ0) is 14.8. The highest BCUT2D eigenvalue weighted by Crippen LogP contribution is 2.36. The van der Waals surface area contributed by atoms with Gasteiger partial charge in [0.05, 0.1) is 11.5 Å². The van der Waals surface area contributed by atoms with Gasteiger partial charge in [-0.2, -0.15) is 0 Å². The minimum absolute atomic E-state index is 0.0672. The molecule has 0 aromatic heterocycles. The maximum Gasteiger partial charge on any atom is 0.314 e. The standard InChI is InChI=1S/C16H23NO3/c1-12(13(2)18)17-10-8-16(9-11-17,15(19)20)14-6-4-3-5-7-14/h3-7,12-13,18H,8-11H2,1-2H3,(H,19,20). The number of nitrogens with zero attached hydrogens (tertiary/aromatic N) is 1. The highest BCUT2D eigenvalue weighted by Gasteiger charge is 2.43. The van der Waals surface area contributed by atoms with Crippen molar-refractivity contribution in [3.8, 4) is 0 Å². The second-order valence-corrected chi connectivity index (χ2v) is 5.77. The number of aliphatic hydroxyl groups excluding tert-OH is 1. The Labute approximate surface area is 120 Å². The van der Waals surface area contributed by atoms with Crippen LogP contribution in [0.3, 0.4) is 0 Å². The van der Waals surface area contributed by atoms with Gasteiger partial charge in [0.1, 0.15) is 0 Å². The van der Waals surface area contributed by atoms with Crippen molar-refractivity contribution in [2.45, 2.75) is 44.2 Å². The summed E-state index contributed by atoms with van der Waals surface area (Å²) in [5, 5.41) is 19.4. The molecule has 1 aliphatic heterocycles. The molecular weight excluding hydrogens is 254 g/mol. The van der Waals surface area contributed by atoms with Gasteiger partial charge < -0.3 is 10.2 Å². The molecule has 2 N–H and O–H groups in total. The number of likely N-dealkylation sites (tertiary alicyclic amines) is 1. The lowest BCUT2D eigenvalue weighted by molar-refractivity contribution is -0.146. The second-order valence-electron chi connectivity index (χ2n) is 5.77. The fourth-order valence-electron chi connectivity index (χ4n) is 3.00. The van der Waals surface area contributed by atoms with E-state index in [-0.39, 0.29) is 6.04 Å². The van der Waals surface area contributed by atoms with Gasteiger partial charge >= 0.3 is 5.97 Å². The van der Waals surface area contributed by atoms with Gasteiger partial charge in [0.15, 0.2) is 0 Å². The fraction of sp³-hybridized carbons (Fsp3) is 0.562. The van der Waals surface area contributed by atoms with E-state index in [0.29, 0.717) is 25.9 Å². The molecule has 0 spiro atoms. The molecule has 20 heavy (non-hydrogen) atoms. The van der Waals surface area contributed by atoms with Gasteiger partial charge in [0, 0.05) is 6.04 Å². The zero-order valence-corrected chi connectivity index (χ0v) is 12.1. The van der Waals surface area contributed by atoms with E-state index in [1.807, 2.05) is 37.3 Å². The van der Waals surface area contributed by atoms with Crippen LogP contribution in [-0.2, 0) is 10.2 Å². The maximum atomic E-state index is 11.8.